The van der Waals surface area contributed by atoms with E-state index in [2.05, 4.69) is 4.98 Å². The van der Waals surface area contributed by atoms with E-state index in [0.29, 0.717) is 24.6 Å². The molecule has 0 aliphatic rings. The number of hydrogen-bond donors (Lipinski definition) is 4. The number of nitrogens with zero attached hydrogens (tertiary/aromatic N) is 1. The number of rotatable bonds is 5. The monoisotopic (exact) mass is 303 g/mol. The highest BCUT2D eigenvalue weighted by molar-refractivity contribution is 6.06. The van der Waals surface area contributed by atoms with E-state index in [1.165, 1.54) is 7.05 Å². The third kappa shape index (κ3) is 3.04. The molecule has 0 aliphatic heterocycles. The lowest BCUT2D eigenvalue weighted by atomic mass is 10.1. The summed E-state index contributed by atoms with van der Waals surface area (Å²) in [7, 11) is 1.46. The second kappa shape index (κ2) is 6.48. The molecule has 0 fully saturated rings. The molecular weight excluding hydrogens is 282 g/mol. The first-order valence-corrected chi connectivity index (χ1v) is 7.03. The number of fused-ring (bicyclic) bond motifs is 1. The quantitative estimate of drug-likeness (QED) is 0.376. The Labute approximate surface area is 128 Å². The van der Waals surface area contributed by atoms with Crippen molar-refractivity contribution in [3.63, 3.8) is 0 Å². The van der Waals surface area contributed by atoms with Crippen LogP contribution in [0, 0.1) is 12.3 Å². The number of H-pyrrole nitrogens is 1. The molecule has 0 bridgehead atoms. The summed E-state index contributed by atoms with van der Waals surface area (Å²) in [5.41, 5.74) is 13.0. The Bertz CT molecular complexity index is 707. The van der Waals surface area contributed by atoms with Gasteiger partial charge in [0.15, 0.2) is 5.96 Å². The summed E-state index contributed by atoms with van der Waals surface area (Å²) in [6.07, 6.45) is 0.759. The lowest BCUT2D eigenvalue weighted by molar-refractivity contribution is 0.0864. The predicted octanol–water partition coefficient (Wildman–Crippen LogP) is 1.17. The van der Waals surface area contributed by atoms with E-state index < -0.39 is 0 Å². The van der Waals surface area contributed by atoms with Crippen LogP contribution in [0.1, 0.15) is 22.5 Å². The molecule has 22 heavy (non-hydrogen) atoms. The van der Waals surface area contributed by atoms with Crippen molar-refractivity contribution < 1.29 is 9.53 Å². The molecule has 7 heteroatoms. The normalized spacial score (nSPS) is 10.7. The van der Waals surface area contributed by atoms with Crippen molar-refractivity contribution in [2.45, 2.75) is 13.3 Å². The largest absolute Gasteiger partial charge is 0.491 e. The number of nitrogens with one attached hydrogen (secondary N) is 2. The molecule has 118 valence electrons. The Morgan fingerprint density at radius 2 is 2.18 bits per heavy atom. The molecule has 0 unspecified atom stereocenters. The van der Waals surface area contributed by atoms with Crippen LogP contribution < -0.4 is 16.2 Å². The fraction of sp³-hybridized carbons (Fsp3) is 0.333. The summed E-state index contributed by atoms with van der Waals surface area (Å²) in [5, 5.41) is 8.25. The van der Waals surface area contributed by atoms with Crippen molar-refractivity contribution >= 4 is 22.8 Å². The van der Waals surface area contributed by atoms with Gasteiger partial charge in [-0.05, 0) is 37.6 Å². The summed E-state index contributed by atoms with van der Waals surface area (Å²) in [5.74, 6) is 0.00869. The Balaban J connectivity index is 2.39. The molecule has 0 spiro atoms. The second-order valence-electron chi connectivity index (χ2n) is 5.09. The number of carbonyl (C=O) groups excluding carboxylic acids is 1. The second-order valence-corrected chi connectivity index (χ2v) is 5.09. The van der Waals surface area contributed by atoms with Gasteiger partial charge in [-0.25, -0.2) is 0 Å². The summed E-state index contributed by atoms with van der Waals surface area (Å²) in [6, 6.07) is 5.56. The lowest BCUT2D eigenvalue weighted by Gasteiger charge is -2.12. The number of aromatic nitrogens is 1. The molecule has 0 atom stereocenters. The fourth-order valence-electron chi connectivity index (χ4n) is 2.12. The highest BCUT2D eigenvalue weighted by atomic mass is 16.5. The lowest BCUT2D eigenvalue weighted by Crippen LogP contribution is -2.38. The summed E-state index contributed by atoms with van der Waals surface area (Å²) < 4.78 is 5.71. The van der Waals surface area contributed by atoms with Crippen LogP contribution in [0.5, 0.6) is 5.75 Å². The zero-order valence-electron chi connectivity index (χ0n) is 12.8. The number of hydrogen-bond acceptors (Lipinski definition) is 4. The SMILES string of the molecule is Cc1ccc(OCCCN)c2[nH]c(C(=O)N(C)C(=N)N)cc12. The third-order valence-electron chi connectivity index (χ3n) is 3.48. The van der Waals surface area contributed by atoms with Gasteiger partial charge in [0.25, 0.3) is 5.91 Å². The zero-order valence-corrected chi connectivity index (χ0v) is 12.8. The molecule has 0 aliphatic carbocycles. The van der Waals surface area contributed by atoms with Crippen LogP contribution in [0.2, 0.25) is 0 Å². The minimum absolute atomic E-state index is 0.306. The van der Waals surface area contributed by atoms with Crippen LogP contribution in [0.15, 0.2) is 18.2 Å². The first-order valence-electron chi connectivity index (χ1n) is 7.03. The molecule has 0 saturated carbocycles. The van der Waals surface area contributed by atoms with Crippen molar-refractivity contribution in [3.8, 4) is 5.75 Å². The van der Waals surface area contributed by atoms with Gasteiger partial charge in [0.1, 0.15) is 11.4 Å². The van der Waals surface area contributed by atoms with Crippen LogP contribution in [0.4, 0.5) is 0 Å². The molecule has 1 heterocycles. The summed E-state index contributed by atoms with van der Waals surface area (Å²) in [4.78, 5) is 16.4. The highest BCUT2D eigenvalue weighted by Crippen LogP contribution is 2.29. The molecular formula is C15H21N5O2. The molecule has 7 nitrogen and oxygen atoms in total. The fourth-order valence-corrected chi connectivity index (χ4v) is 2.12. The number of nitrogens with two attached hydrogens (primary N) is 2. The van der Waals surface area contributed by atoms with Crippen LogP contribution in [0.3, 0.4) is 0 Å². The smallest absolute Gasteiger partial charge is 0.276 e. The highest BCUT2D eigenvalue weighted by Gasteiger charge is 2.18. The zero-order chi connectivity index (χ0) is 16.3. The maximum absolute atomic E-state index is 12.3. The van der Waals surface area contributed by atoms with Gasteiger partial charge in [-0.1, -0.05) is 6.07 Å². The van der Waals surface area contributed by atoms with Crippen molar-refractivity contribution in [1.82, 2.24) is 9.88 Å². The van der Waals surface area contributed by atoms with Gasteiger partial charge >= 0.3 is 0 Å². The molecule has 0 radical (unpaired) electrons. The molecule has 6 N–H and O–H groups in total. The number of guanidine groups is 1. The minimum atomic E-state index is -0.365. The predicted molar refractivity (Wildman–Crippen MR) is 86.2 cm³/mol. The molecule has 1 amide bonds. The number of carbonyl (C=O) groups is 1. The maximum Gasteiger partial charge on any atom is 0.276 e. The molecule has 1 aromatic heterocycles. The molecule has 0 saturated heterocycles. The van der Waals surface area contributed by atoms with E-state index in [1.54, 1.807) is 6.07 Å². The number of benzene rings is 1. The van der Waals surface area contributed by atoms with E-state index in [0.717, 1.165) is 27.8 Å². The van der Waals surface area contributed by atoms with Crippen LogP contribution >= 0.6 is 0 Å². The van der Waals surface area contributed by atoms with Crippen molar-refractivity contribution in [2.24, 2.45) is 11.5 Å². The van der Waals surface area contributed by atoms with Gasteiger partial charge < -0.3 is 21.2 Å². The van der Waals surface area contributed by atoms with Gasteiger partial charge in [0.05, 0.1) is 12.1 Å². The Morgan fingerprint density at radius 1 is 1.45 bits per heavy atom. The average molecular weight is 303 g/mol. The van der Waals surface area contributed by atoms with Gasteiger partial charge in [-0.15, -0.1) is 0 Å². The van der Waals surface area contributed by atoms with Gasteiger partial charge in [0, 0.05) is 12.4 Å². The molecule has 1 aromatic carbocycles. The average Bonchev–Trinajstić information content (AvgIpc) is 2.94. The first-order chi connectivity index (χ1) is 10.5. The number of ether oxygens (including phenoxy) is 1. The van der Waals surface area contributed by atoms with Crippen LogP contribution in [-0.4, -0.2) is 41.9 Å². The summed E-state index contributed by atoms with van der Waals surface area (Å²) in [6.45, 7) is 3.04. The Kier molecular flexibility index (Phi) is 4.67. The van der Waals surface area contributed by atoms with E-state index in [9.17, 15) is 4.79 Å². The number of aromatic amines is 1. The van der Waals surface area contributed by atoms with E-state index in [-0.39, 0.29) is 11.9 Å². The Hall–Kier alpha value is -2.54. The molecule has 2 rings (SSSR count). The topological polar surface area (TPSA) is 121 Å². The van der Waals surface area contributed by atoms with Crippen LogP contribution in [0.25, 0.3) is 10.9 Å². The molecule has 2 aromatic rings. The minimum Gasteiger partial charge on any atom is -0.491 e. The Morgan fingerprint density at radius 3 is 2.82 bits per heavy atom. The first kappa shape index (κ1) is 15.8. The van der Waals surface area contributed by atoms with Crippen molar-refractivity contribution in [2.75, 3.05) is 20.2 Å². The van der Waals surface area contributed by atoms with Crippen molar-refractivity contribution in [3.05, 3.63) is 29.5 Å². The van der Waals surface area contributed by atoms with E-state index in [1.807, 2.05) is 19.1 Å². The standard InChI is InChI=1S/C15H21N5O2/c1-9-4-5-12(22-7-3-6-16)13-10(9)8-11(19-13)14(21)20(2)15(17)18/h4-5,8,19H,3,6-7,16H2,1-2H3,(H3,17,18). The van der Waals surface area contributed by atoms with Crippen molar-refractivity contribution in [1.29, 1.82) is 5.41 Å². The maximum atomic E-state index is 12.3. The number of aryl methyl sites for hydroxylation is 1. The van der Waals surface area contributed by atoms with E-state index >= 15 is 0 Å². The van der Waals surface area contributed by atoms with Gasteiger partial charge in [-0.3, -0.25) is 15.1 Å². The summed E-state index contributed by atoms with van der Waals surface area (Å²) >= 11 is 0. The number of amides is 1. The van der Waals surface area contributed by atoms with E-state index in [4.69, 9.17) is 21.6 Å². The van der Waals surface area contributed by atoms with Gasteiger partial charge in [0.2, 0.25) is 0 Å². The van der Waals surface area contributed by atoms with Gasteiger partial charge in [-0.2, -0.15) is 0 Å². The third-order valence-corrected chi connectivity index (χ3v) is 3.48. The van der Waals surface area contributed by atoms with Crippen LogP contribution in [-0.2, 0) is 0 Å².